The second-order valence-electron chi connectivity index (χ2n) is 8.83. The van der Waals surface area contributed by atoms with E-state index in [0.717, 1.165) is 30.6 Å². The number of nitrogens with one attached hydrogen (secondary N) is 2. The maximum atomic E-state index is 12.7. The predicted octanol–water partition coefficient (Wildman–Crippen LogP) is 2.83. The molecule has 0 aliphatic carbocycles. The van der Waals surface area contributed by atoms with Gasteiger partial charge in [0.2, 0.25) is 10.0 Å². The quantitative estimate of drug-likeness (QED) is 0.311. The number of carbonyl (C=O) groups excluding carboxylic acids is 1. The monoisotopic (exact) mass is 517 g/mol. The number of amides is 1. The van der Waals surface area contributed by atoms with Crippen molar-refractivity contribution in [3.63, 3.8) is 0 Å². The molecule has 0 saturated carbocycles. The van der Waals surface area contributed by atoms with Gasteiger partial charge in [0.15, 0.2) is 10.8 Å². The minimum atomic E-state index is -3.50. The number of hydrogen-bond acceptors (Lipinski definition) is 8. The van der Waals surface area contributed by atoms with E-state index < -0.39 is 10.0 Å². The number of benzene rings is 1. The van der Waals surface area contributed by atoms with E-state index >= 15 is 0 Å². The van der Waals surface area contributed by atoms with Crippen molar-refractivity contribution in [2.75, 3.05) is 37.8 Å². The summed E-state index contributed by atoms with van der Waals surface area (Å²) in [4.78, 5) is 22.0. The zero-order chi connectivity index (χ0) is 25.0. The SMILES string of the molecule is CSc1nc(NCC(C)C)c2cnn(CCNC(=O)c3ccc(S(=O)(=O)N4CCCC4)cc3)c2n1. The molecule has 35 heavy (non-hydrogen) atoms. The van der Waals surface area contributed by atoms with Crippen LogP contribution < -0.4 is 10.6 Å². The van der Waals surface area contributed by atoms with E-state index in [4.69, 9.17) is 0 Å². The van der Waals surface area contributed by atoms with Gasteiger partial charge in [0, 0.05) is 31.7 Å². The van der Waals surface area contributed by atoms with Gasteiger partial charge in [0.1, 0.15) is 5.82 Å². The number of thioether (sulfide) groups is 1. The molecular formula is C23H31N7O3S2. The number of fused-ring (bicyclic) bond motifs is 1. The molecule has 188 valence electrons. The summed E-state index contributed by atoms with van der Waals surface area (Å²) >= 11 is 1.46. The van der Waals surface area contributed by atoms with Crippen molar-refractivity contribution in [2.45, 2.75) is 43.3 Å². The van der Waals surface area contributed by atoms with Gasteiger partial charge in [0.25, 0.3) is 5.91 Å². The van der Waals surface area contributed by atoms with Gasteiger partial charge in [-0.15, -0.1) is 0 Å². The minimum absolute atomic E-state index is 0.213. The maximum absolute atomic E-state index is 12.7. The fraction of sp³-hybridized carbons (Fsp3) is 0.478. The molecule has 2 aromatic heterocycles. The van der Waals surface area contributed by atoms with Crippen molar-refractivity contribution in [2.24, 2.45) is 5.92 Å². The van der Waals surface area contributed by atoms with E-state index in [1.807, 2.05) is 6.26 Å². The molecule has 4 rings (SSSR count). The number of sulfonamides is 1. The van der Waals surface area contributed by atoms with Crippen LogP contribution in [-0.2, 0) is 16.6 Å². The van der Waals surface area contributed by atoms with E-state index in [1.165, 1.54) is 28.2 Å². The van der Waals surface area contributed by atoms with Crippen LogP contribution in [0.5, 0.6) is 0 Å². The lowest BCUT2D eigenvalue weighted by Crippen LogP contribution is -2.29. The Morgan fingerprint density at radius 3 is 2.51 bits per heavy atom. The van der Waals surface area contributed by atoms with Gasteiger partial charge >= 0.3 is 0 Å². The Balaban J connectivity index is 1.40. The van der Waals surface area contributed by atoms with Crippen LogP contribution in [0.25, 0.3) is 11.0 Å². The maximum Gasteiger partial charge on any atom is 0.251 e. The highest BCUT2D eigenvalue weighted by Gasteiger charge is 2.27. The minimum Gasteiger partial charge on any atom is -0.369 e. The summed E-state index contributed by atoms with van der Waals surface area (Å²) in [7, 11) is -3.50. The molecule has 0 atom stereocenters. The first-order chi connectivity index (χ1) is 16.8. The van der Waals surface area contributed by atoms with Gasteiger partial charge in [-0.05, 0) is 49.3 Å². The summed E-state index contributed by atoms with van der Waals surface area (Å²) in [5.74, 6) is 0.954. The summed E-state index contributed by atoms with van der Waals surface area (Å²) in [5.41, 5.74) is 1.11. The molecule has 0 unspecified atom stereocenters. The highest BCUT2D eigenvalue weighted by atomic mass is 32.2. The first kappa shape index (κ1) is 25.4. The van der Waals surface area contributed by atoms with Crippen LogP contribution in [0.3, 0.4) is 0 Å². The van der Waals surface area contributed by atoms with Crippen LogP contribution in [0.1, 0.15) is 37.0 Å². The number of aromatic nitrogens is 4. The first-order valence-corrected chi connectivity index (χ1v) is 14.4. The van der Waals surface area contributed by atoms with E-state index in [-0.39, 0.29) is 10.8 Å². The summed E-state index contributed by atoms with van der Waals surface area (Å²) in [6, 6.07) is 6.09. The van der Waals surface area contributed by atoms with Crippen LogP contribution in [0, 0.1) is 5.92 Å². The van der Waals surface area contributed by atoms with Crippen molar-refractivity contribution in [3.8, 4) is 0 Å². The normalized spacial score (nSPS) is 14.6. The Labute approximate surface area is 209 Å². The standard InChI is InChI=1S/C23H31N7O3S2/c1-16(2)14-25-20-19-15-26-30(21(19)28-23(27-20)34-3)13-10-24-22(31)17-6-8-18(9-7-17)35(32,33)29-11-4-5-12-29/h6-9,15-16H,4-5,10-14H2,1-3H3,(H,24,31)(H,25,27,28). The summed E-state index contributed by atoms with van der Waals surface area (Å²) in [5, 5.41) is 12.2. The Morgan fingerprint density at radius 2 is 1.86 bits per heavy atom. The number of anilines is 1. The van der Waals surface area contributed by atoms with Crippen LogP contribution >= 0.6 is 11.8 Å². The summed E-state index contributed by atoms with van der Waals surface area (Å²) in [6.45, 7) is 6.93. The Morgan fingerprint density at radius 1 is 1.14 bits per heavy atom. The number of rotatable bonds is 10. The molecule has 3 aromatic rings. The number of hydrogen-bond donors (Lipinski definition) is 2. The second-order valence-corrected chi connectivity index (χ2v) is 11.5. The first-order valence-electron chi connectivity index (χ1n) is 11.7. The smallest absolute Gasteiger partial charge is 0.251 e. The van der Waals surface area contributed by atoms with Crippen LogP contribution in [-0.4, -0.2) is 70.8 Å². The molecule has 1 aliphatic rings. The largest absolute Gasteiger partial charge is 0.369 e. The molecule has 1 aliphatic heterocycles. The van der Waals surface area contributed by atoms with Gasteiger partial charge in [-0.25, -0.2) is 23.1 Å². The highest BCUT2D eigenvalue weighted by molar-refractivity contribution is 7.98. The molecule has 12 heteroatoms. The number of carbonyl (C=O) groups is 1. The molecule has 1 saturated heterocycles. The zero-order valence-electron chi connectivity index (χ0n) is 20.2. The molecule has 1 aromatic carbocycles. The third-order valence-corrected chi connectivity index (χ3v) is 8.23. The second kappa shape index (κ2) is 10.9. The average Bonchev–Trinajstić information content (AvgIpc) is 3.53. The Kier molecular flexibility index (Phi) is 7.92. The molecular weight excluding hydrogens is 486 g/mol. The molecule has 1 fully saturated rings. The van der Waals surface area contributed by atoms with E-state index in [1.54, 1.807) is 23.0 Å². The Bertz CT molecular complexity index is 1280. The molecule has 1 amide bonds. The van der Waals surface area contributed by atoms with Crippen molar-refractivity contribution in [1.82, 2.24) is 29.4 Å². The highest BCUT2D eigenvalue weighted by Crippen LogP contribution is 2.24. The molecule has 3 heterocycles. The van der Waals surface area contributed by atoms with Gasteiger partial charge < -0.3 is 10.6 Å². The topological polar surface area (TPSA) is 122 Å². The third-order valence-electron chi connectivity index (χ3n) is 5.76. The van der Waals surface area contributed by atoms with E-state index in [9.17, 15) is 13.2 Å². The molecule has 10 nitrogen and oxygen atoms in total. The number of nitrogens with zero attached hydrogens (tertiary/aromatic N) is 5. The lowest BCUT2D eigenvalue weighted by molar-refractivity contribution is 0.0952. The van der Waals surface area contributed by atoms with Gasteiger partial charge in [-0.3, -0.25) is 4.79 Å². The van der Waals surface area contributed by atoms with Crippen LogP contribution in [0.2, 0.25) is 0 Å². The lowest BCUT2D eigenvalue weighted by atomic mass is 10.2. The molecule has 2 N–H and O–H groups in total. The van der Waals surface area contributed by atoms with Crippen molar-refractivity contribution in [1.29, 1.82) is 0 Å². The molecule has 0 spiro atoms. The van der Waals surface area contributed by atoms with Gasteiger partial charge in [-0.1, -0.05) is 25.6 Å². The predicted molar refractivity (Wildman–Crippen MR) is 137 cm³/mol. The fourth-order valence-electron chi connectivity index (χ4n) is 3.86. The third kappa shape index (κ3) is 5.76. The van der Waals surface area contributed by atoms with Crippen LogP contribution in [0.4, 0.5) is 5.82 Å². The van der Waals surface area contributed by atoms with Crippen molar-refractivity contribution < 1.29 is 13.2 Å². The van der Waals surface area contributed by atoms with Gasteiger partial charge in [0.05, 0.1) is 23.0 Å². The summed E-state index contributed by atoms with van der Waals surface area (Å²) in [6.07, 6.45) is 5.43. The average molecular weight is 518 g/mol. The molecule has 0 bridgehead atoms. The Hall–Kier alpha value is -2.70. The van der Waals surface area contributed by atoms with Crippen molar-refractivity contribution in [3.05, 3.63) is 36.0 Å². The lowest BCUT2D eigenvalue weighted by Gasteiger charge is -2.15. The molecule has 0 radical (unpaired) electrons. The van der Waals surface area contributed by atoms with Gasteiger partial charge in [-0.2, -0.15) is 9.40 Å². The zero-order valence-corrected chi connectivity index (χ0v) is 21.8. The van der Waals surface area contributed by atoms with E-state index in [0.29, 0.717) is 48.5 Å². The fourth-order valence-corrected chi connectivity index (χ4v) is 5.74. The summed E-state index contributed by atoms with van der Waals surface area (Å²) < 4.78 is 28.6. The van der Waals surface area contributed by atoms with E-state index in [2.05, 4.69) is 39.5 Å². The van der Waals surface area contributed by atoms with Crippen LogP contribution in [0.15, 0.2) is 40.5 Å². The van der Waals surface area contributed by atoms with Crippen molar-refractivity contribution >= 4 is 44.5 Å².